The van der Waals surface area contributed by atoms with Gasteiger partial charge in [-0.2, -0.15) is 0 Å². The quantitative estimate of drug-likeness (QED) is 0.598. The molecule has 0 aromatic heterocycles. The third-order valence-corrected chi connectivity index (χ3v) is 4.16. The fourth-order valence-electron chi connectivity index (χ4n) is 2.95. The molecule has 1 aromatic rings. The Labute approximate surface area is 155 Å². The molecule has 144 valence electrons. The summed E-state index contributed by atoms with van der Waals surface area (Å²) in [6, 6.07) is 7.03. The Morgan fingerprint density at radius 1 is 1.23 bits per heavy atom. The maximum atomic E-state index is 14.0. The van der Waals surface area contributed by atoms with E-state index in [-0.39, 0.29) is 17.8 Å². The molecule has 1 aromatic carbocycles. The van der Waals surface area contributed by atoms with Gasteiger partial charge in [0.05, 0.1) is 12.2 Å². The van der Waals surface area contributed by atoms with Crippen molar-refractivity contribution < 1.29 is 9.18 Å². The maximum absolute atomic E-state index is 14.0. The zero-order chi connectivity index (χ0) is 18.9. The molecular formula is C19H30FN5O. The first-order valence-electron chi connectivity index (χ1n) is 9.33. The number of rotatable bonds is 6. The lowest BCUT2D eigenvalue weighted by Crippen LogP contribution is -2.52. The highest BCUT2D eigenvalue weighted by Crippen LogP contribution is 2.20. The van der Waals surface area contributed by atoms with Crippen LogP contribution in [0.15, 0.2) is 29.3 Å². The number of hydrogen-bond acceptors (Lipinski definition) is 3. The summed E-state index contributed by atoms with van der Waals surface area (Å²) in [6.45, 7) is 10.1. The second kappa shape index (κ2) is 9.99. The van der Waals surface area contributed by atoms with Gasteiger partial charge >= 0.3 is 0 Å². The monoisotopic (exact) mass is 363 g/mol. The first-order valence-corrected chi connectivity index (χ1v) is 9.33. The molecule has 1 heterocycles. The molecule has 1 aliphatic heterocycles. The third kappa shape index (κ3) is 5.89. The molecule has 1 aliphatic rings. The molecule has 0 saturated carbocycles. The van der Waals surface area contributed by atoms with E-state index >= 15 is 0 Å². The Kier molecular flexibility index (Phi) is 7.69. The van der Waals surface area contributed by atoms with Crippen molar-refractivity contribution in [2.75, 3.05) is 44.2 Å². The Balaban J connectivity index is 1.90. The van der Waals surface area contributed by atoms with Crippen LogP contribution >= 0.6 is 0 Å². The number of carbonyl (C=O) groups excluding carboxylic acids is 1. The topological polar surface area (TPSA) is 60.0 Å². The predicted octanol–water partition coefficient (Wildman–Crippen LogP) is 1.83. The molecule has 1 fully saturated rings. The maximum Gasteiger partial charge on any atom is 0.222 e. The zero-order valence-corrected chi connectivity index (χ0v) is 16.0. The number of para-hydroxylation sites is 1. The van der Waals surface area contributed by atoms with Crippen molar-refractivity contribution in [3.63, 3.8) is 0 Å². The molecule has 0 unspecified atom stereocenters. The molecule has 6 nitrogen and oxygen atoms in total. The van der Waals surface area contributed by atoms with Gasteiger partial charge in [0.1, 0.15) is 5.82 Å². The lowest BCUT2D eigenvalue weighted by Gasteiger charge is -2.37. The normalized spacial score (nSPS) is 15.3. The summed E-state index contributed by atoms with van der Waals surface area (Å²) in [5.74, 6) is 0.652. The lowest BCUT2D eigenvalue weighted by molar-refractivity contribution is -0.121. The van der Waals surface area contributed by atoms with Crippen LogP contribution in [-0.2, 0) is 4.79 Å². The smallest absolute Gasteiger partial charge is 0.222 e. The molecule has 0 radical (unpaired) electrons. The van der Waals surface area contributed by atoms with Gasteiger partial charge in [0.15, 0.2) is 5.96 Å². The van der Waals surface area contributed by atoms with Gasteiger partial charge in [-0.05, 0) is 32.9 Å². The van der Waals surface area contributed by atoms with Gasteiger partial charge in [-0.3, -0.25) is 9.79 Å². The number of nitrogens with zero attached hydrogens (tertiary/aromatic N) is 3. The summed E-state index contributed by atoms with van der Waals surface area (Å²) < 4.78 is 14.0. The first-order chi connectivity index (χ1) is 12.5. The fourth-order valence-corrected chi connectivity index (χ4v) is 2.95. The number of benzene rings is 1. The van der Waals surface area contributed by atoms with Crippen LogP contribution in [-0.4, -0.2) is 62.1 Å². The molecular weight excluding hydrogens is 333 g/mol. The van der Waals surface area contributed by atoms with Crippen LogP contribution in [0.25, 0.3) is 0 Å². The van der Waals surface area contributed by atoms with E-state index in [2.05, 4.69) is 25.4 Å². The summed E-state index contributed by atoms with van der Waals surface area (Å²) in [5, 5.41) is 6.16. The Bertz CT molecular complexity index is 612. The van der Waals surface area contributed by atoms with Crippen molar-refractivity contribution in [3.8, 4) is 0 Å². The fraction of sp³-hybridized carbons (Fsp3) is 0.579. The summed E-state index contributed by atoms with van der Waals surface area (Å²) in [5.41, 5.74) is 0.652. The van der Waals surface area contributed by atoms with E-state index in [1.165, 1.54) is 6.07 Å². The minimum atomic E-state index is -0.183. The number of nitrogens with one attached hydrogen (secondary N) is 2. The molecule has 2 rings (SSSR count). The van der Waals surface area contributed by atoms with E-state index < -0.39 is 0 Å². The van der Waals surface area contributed by atoms with Gasteiger partial charge in [-0.25, -0.2) is 4.39 Å². The Hall–Kier alpha value is -2.31. The van der Waals surface area contributed by atoms with Crippen LogP contribution in [0.3, 0.4) is 0 Å². The highest BCUT2D eigenvalue weighted by molar-refractivity contribution is 5.81. The van der Waals surface area contributed by atoms with E-state index in [0.717, 1.165) is 38.7 Å². The molecule has 2 N–H and O–H groups in total. The van der Waals surface area contributed by atoms with Crippen LogP contribution in [0.5, 0.6) is 0 Å². The highest BCUT2D eigenvalue weighted by atomic mass is 19.1. The average Bonchev–Trinajstić information content (AvgIpc) is 2.61. The molecule has 26 heavy (non-hydrogen) atoms. The van der Waals surface area contributed by atoms with E-state index in [0.29, 0.717) is 18.7 Å². The van der Waals surface area contributed by atoms with Gasteiger partial charge in [-0.1, -0.05) is 12.1 Å². The largest absolute Gasteiger partial charge is 0.366 e. The van der Waals surface area contributed by atoms with Crippen LogP contribution in [0.4, 0.5) is 10.1 Å². The summed E-state index contributed by atoms with van der Waals surface area (Å²) in [7, 11) is 0. The third-order valence-electron chi connectivity index (χ3n) is 4.16. The molecule has 0 spiro atoms. The number of piperazine rings is 1. The van der Waals surface area contributed by atoms with Crippen molar-refractivity contribution in [3.05, 3.63) is 30.1 Å². The number of amides is 1. The number of anilines is 1. The van der Waals surface area contributed by atoms with E-state index in [1.54, 1.807) is 6.07 Å². The van der Waals surface area contributed by atoms with Gasteiger partial charge < -0.3 is 20.4 Å². The summed E-state index contributed by atoms with van der Waals surface area (Å²) >= 11 is 0. The van der Waals surface area contributed by atoms with Crippen molar-refractivity contribution in [1.82, 2.24) is 15.5 Å². The highest BCUT2D eigenvalue weighted by Gasteiger charge is 2.21. The number of guanidine groups is 1. The van der Waals surface area contributed by atoms with Crippen molar-refractivity contribution in [2.24, 2.45) is 4.99 Å². The Morgan fingerprint density at radius 3 is 2.54 bits per heavy atom. The minimum absolute atomic E-state index is 0.0176. The Morgan fingerprint density at radius 2 is 1.92 bits per heavy atom. The van der Waals surface area contributed by atoms with E-state index in [9.17, 15) is 9.18 Å². The molecule has 1 amide bonds. The first kappa shape index (κ1) is 20.0. The second-order valence-corrected chi connectivity index (χ2v) is 6.63. The van der Waals surface area contributed by atoms with E-state index in [1.807, 2.05) is 32.9 Å². The molecule has 0 atom stereocenters. The van der Waals surface area contributed by atoms with Gasteiger partial charge in [0, 0.05) is 45.2 Å². The van der Waals surface area contributed by atoms with E-state index in [4.69, 9.17) is 0 Å². The number of aliphatic imine (C=N–C) groups is 1. The number of hydrogen-bond donors (Lipinski definition) is 2. The van der Waals surface area contributed by atoms with Gasteiger partial charge in [0.25, 0.3) is 0 Å². The van der Waals surface area contributed by atoms with Gasteiger partial charge in [-0.15, -0.1) is 0 Å². The summed E-state index contributed by atoms with van der Waals surface area (Å²) in [6.07, 6.45) is 0.377. The lowest BCUT2D eigenvalue weighted by atomic mass is 10.2. The molecule has 0 aliphatic carbocycles. The molecule has 1 saturated heterocycles. The van der Waals surface area contributed by atoms with Crippen LogP contribution < -0.4 is 15.5 Å². The summed E-state index contributed by atoms with van der Waals surface area (Å²) in [4.78, 5) is 20.6. The molecule has 7 heteroatoms. The van der Waals surface area contributed by atoms with Crippen LogP contribution in [0.2, 0.25) is 0 Å². The van der Waals surface area contributed by atoms with Crippen LogP contribution in [0, 0.1) is 5.82 Å². The van der Waals surface area contributed by atoms with Gasteiger partial charge in [0.2, 0.25) is 5.91 Å². The van der Waals surface area contributed by atoms with Crippen molar-refractivity contribution in [1.29, 1.82) is 0 Å². The molecule has 0 bridgehead atoms. The number of halogens is 1. The van der Waals surface area contributed by atoms with Crippen molar-refractivity contribution in [2.45, 2.75) is 33.2 Å². The number of carbonyl (C=O) groups is 1. The average molecular weight is 363 g/mol. The standard InChI is InChI=1S/C19H30FN5O/c1-4-21-19(22-10-9-18(26)23-15(2)3)25-13-11-24(12-14-25)17-8-6-5-7-16(17)20/h5-8,15H,4,9-14H2,1-3H3,(H,21,22)(H,23,26). The van der Waals surface area contributed by atoms with Crippen LogP contribution in [0.1, 0.15) is 27.2 Å². The predicted molar refractivity (Wildman–Crippen MR) is 104 cm³/mol. The van der Waals surface area contributed by atoms with Crippen molar-refractivity contribution >= 4 is 17.6 Å². The SMILES string of the molecule is CCNC(=NCCC(=O)NC(C)C)N1CCN(c2ccccc2F)CC1. The zero-order valence-electron chi connectivity index (χ0n) is 16.0. The second-order valence-electron chi connectivity index (χ2n) is 6.63. The minimum Gasteiger partial charge on any atom is -0.366 e.